The van der Waals surface area contributed by atoms with Crippen LogP contribution in [0.2, 0.25) is 0 Å². The van der Waals surface area contributed by atoms with Crippen molar-refractivity contribution in [2.24, 2.45) is 46.3 Å². The van der Waals surface area contributed by atoms with E-state index in [1.165, 1.54) is 19.3 Å². The van der Waals surface area contributed by atoms with Gasteiger partial charge < -0.3 is 4.79 Å². The zero-order valence-corrected chi connectivity index (χ0v) is 16.2. The Labute approximate surface area is 155 Å². The Kier molecular flexibility index (Phi) is 4.51. The summed E-state index contributed by atoms with van der Waals surface area (Å²) in [6, 6.07) is 0. The van der Waals surface area contributed by atoms with Gasteiger partial charge in [0.05, 0.1) is 5.92 Å². The number of aldehydes is 1. The minimum atomic E-state index is -4.02. The predicted octanol–water partition coefficient (Wildman–Crippen LogP) is 6.41. The molecule has 0 aromatic rings. The molecule has 0 aromatic carbocycles. The highest BCUT2D eigenvalue weighted by Crippen LogP contribution is 2.68. The summed E-state index contributed by atoms with van der Waals surface area (Å²) in [6.45, 7) is 4.73. The lowest BCUT2D eigenvalue weighted by Gasteiger charge is -2.61. The topological polar surface area (TPSA) is 17.1 Å². The average Bonchev–Trinajstić information content (AvgIpc) is 2.90. The van der Waals surface area contributed by atoms with Crippen molar-refractivity contribution in [3.63, 3.8) is 0 Å². The molecule has 4 saturated carbocycles. The molecule has 0 amide bonds. The van der Waals surface area contributed by atoms with Crippen LogP contribution in [-0.4, -0.2) is 12.5 Å². The lowest BCUT2D eigenvalue weighted by Crippen LogP contribution is -2.54. The lowest BCUT2D eigenvalue weighted by atomic mass is 9.44. The minimum absolute atomic E-state index is 0.106. The molecule has 0 saturated heterocycles. The summed E-state index contributed by atoms with van der Waals surface area (Å²) in [7, 11) is 0. The van der Waals surface area contributed by atoms with Crippen LogP contribution in [0.1, 0.15) is 78.1 Å². The Bertz CT molecular complexity index is 558. The molecule has 4 aliphatic carbocycles. The van der Waals surface area contributed by atoms with Crippen molar-refractivity contribution in [1.29, 1.82) is 0 Å². The number of halogens is 3. The summed E-state index contributed by atoms with van der Waals surface area (Å²) < 4.78 is 39.8. The highest BCUT2D eigenvalue weighted by molar-refractivity contribution is 5.50. The van der Waals surface area contributed by atoms with E-state index in [0.717, 1.165) is 32.0 Å². The highest BCUT2D eigenvalue weighted by atomic mass is 19.4. The third kappa shape index (κ3) is 2.68. The van der Waals surface area contributed by atoms with Crippen LogP contribution in [0.4, 0.5) is 13.2 Å². The maximum atomic E-state index is 13.3. The van der Waals surface area contributed by atoms with Gasteiger partial charge in [-0.15, -0.1) is 0 Å². The molecule has 0 N–H and O–H groups in total. The van der Waals surface area contributed by atoms with Crippen molar-refractivity contribution < 1.29 is 18.0 Å². The molecule has 0 heterocycles. The van der Waals surface area contributed by atoms with Gasteiger partial charge in [-0.25, -0.2) is 0 Å². The Morgan fingerprint density at radius 2 is 1.62 bits per heavy atom. The zero-order valence-electron chi connectivity index (χ0n) is 16.2. The van der Waals surface area contributed by atoms with E-state index in [0.29, 0.717) is 42.9 Å². The van der Waals surface area contributed by atoms with E-state index in [1.54, 1.807) is 0 Å². The summed E-state index contributed by atoms with van der Waals surface area (Å²) in [5.41, 5.74) is 0.392. The van der Waals surface area contributed by atoms with Gasteiger partial charge in [-0.2, -0.15) is 13.2 Å². The fourth-order valence-corrected chi connectivity index (χ4v) is 8.17. The molecule has 0 aromatic heterocycles. The third-order valence-electron chi connectivity index (χ3n) is 9.71. The van der Waals surface area contributed by atoms with Gasteiger partial charge in [-0.1, -0.05) is 13.8 Å². The quantitative estimate of drug-likeness (QED) is 0.513. The zero-order chi connectivity index (χ0) is 18.7. The molecule has 0 radical (unpaired) electrons. The van der Waals surface area contributed by atoms with E-state index in [1.807, 2.05) is 0 Å². The Morgan fingerprint density at radius 1 is 0.923 bits per heavy atom. The molecule has 4 unspecified atom stereocenters. The molecule has 4 heteroatoms. The third-order valence-corrected chi connectivity index (χ3v) is 9.71. The number of hydrogen-bond donors (Lipinski definition) is 0. The van der Waals surface area contributed by atoms with Crippen LogP contribution in [0.3, 0.4) is 0 Å². The number of hydrogen-bond acceptors (Lipinski definition) is 1. The van der Waals surface area contributed by atoms with Crippen LogP contribution in [0, 0.1) is 46.3 Å². The van der Waals surface area contributed by atoms with Gasteiger partial charge in [0.2, 0.25) is 0 Å². The molecular formula is C22H33F3O. The molecule has 0 bridgehead atoms. The Hall–Kier alpha value is -0.540. The lowest BCUT2D eigenvalue weighted by molar-refractivity contribution is -0.208. The van der Waals surface area contributed by atoms with Crippen LogP contribution >= 0.6 is 0 Å². The number of carbonyl (C=O) groups is 1. The first kappa shape index (κ1) is 18.8. The highest BCUT2D eigenvalue weighted by Gasteiger charge is 2.61. The SMILES string of the molecule is C[C@]12CC[C@H](C(F)(F)F)CC1CC[C@@H]1C2CC[C@]2(C)C(CC=O)CCC12. The van der Waals surface area contributed by atoms with Gasteiger partial charge >= 0.3 is 6.18 Å². The van der Waals surface area contributed by atoms with Gasteiger partial charge in [0.25, 0.3) is 0 Å². The van der Waals surface area contributed by atoms with Crippen molar-refractivity contribution in [2.45, 2.75) is 84.2 Å². The second-order valence-electron chi connectivity index (χ2n) is 10.4. The largest absolute Gasteiger partial charge is 0.391 e. The van der Waals surface area contributed by atoms with Crippen LogP contribution in [0.25, 0.3) is 0 Å². The predicted molar refractivity (Wildman–Crippen MR) is 95.4 cm³/mol. The molecule has 4 fully saturated rings. The summed E-state index contributed by atoms with van der Waals surface area (Å²) in [5, 5.41) is 0. The maximum Gasteiger partial charge on any atom is 0.391 e. The average molecular weight is 370 g/mol. The van der Waals surface area contributed by atoms with Gasteiger partial charge in [-0.05, 0) is 98.2 Å². The fraction of sp³-hybridized carbons (Fsp3) is 0.955. The van der Waals surface area contributed by atoms with Gasteiger partial charge in [-0.3, -0.25) is 0 Å². The Balaban J connectivity index is 1.55. The van der Waals surface area contributed by atoms with Gasteiger partial charge in [0, 0.05) is 6.42 Å². The monoisotopic (exact) mass is 370 g/mol. The van der Waals surface area contributed by atoms with E-state index in [2.05, 4.69) is 13.8 Å². The van der Waals surface area contributed by atoms with E-state index in [4.69, 9.17) is 0 Å². The maximum absolute atomic E-state index is 13.3. The molecule has 4 rings (SSSR count). The van der Waals surface area contributed by atoms with Gasteiger partial charge in [0.15, 0.2) is 0 Å². The minimum Gasteiger partial charge on any atom is -0.303 e. The van der Waals surface area contributed by atoms with Crippen LogP contribution < -0.4 is 0 Å². The second-order valence-corrected chi connectivity index (χ2v) is 10.4. The summed E-state index contributed by atoms with van der Waals surface area (Å²) in [6.07, 6.45) is 6.03. The van der Waals surface area contributed by atoms with E-state index < -0.39 is 12.1 Å². The number of rotatable bonds is 2. The fourth-order valence-electron chi connectivity index (χ4n) is 8.17. The second kappa shape index (κ2) is 6.24. The normalized spacial score (nSPS) is 51.3. The van der Waals surface area contributed by atoms with E-state index in [9.17, 15) is 18.0 Å². The molecule has 26 heavy (non-hydrogen) atoms. The first-order chi connectivity index (χ1) is 12.2. The number of alkyl halides is 3. The van der Waals surface area contributed by atoms with E-state index >= 15 is 0 Å². The summed E-state index contributed by atoms with van der Waals surface area (Å²) >= 11 is 0. The van der Waals surface area contributed by atoms with E-state index in [-0.39, 0.29) is 16.7 Å². The van der Waals surface area contributed by atoms with Crippen molar-refractivity contribution in [3.05, 3.63) is 0 Å². The standard InChI is InChI=1S/C22H33F3O/c1-20-11-8-19-17(18(20)6-4-14(20)9-12-26)5-3-15-13-16(22(23,24)25)7-10-21(15,19)2/h12,14-19H,3-11,13H2,1-2H3/t14?,15?,16-,17-,18?,19?,20+,21-/m0/s1. The van der Waals surface area contributed by atoms with Crippen LogP contribution in [-0.2, 0) is 4.79 Å². The van der Waals surface area contributed by atoms with Crippen molar-refractivity contribution in [2.75, 3.05) is 0 Å². The molecule has 1 nitrogen and oxygen atoms in total. The van der Waals surface area contributed by atoms with Gasteiger partial charge in [0.1, 0.15) is 6.29 Å². The van der Waals surface area contributed by atoms with Crippen LogP contribution in [0.15, 0.2) is 0 Å². The first-order valence-corrected chi connectivity index (χ1v) is 10.7. The summed E-state index contributed by atoms with van der Waals surface area (Å²) in [5.74, 6) is 1.66. The molecule has 0 spiro atoms. The first-order valence-electron chi connectivity index (χ1n) is 10.7. The Morgan fingerprint density at radius 3 is 2.31 bits per heavy atom. The molecule has 4 aliphatic rings. The molecule has 148 valence electrons. The molecular weight excluding hydrogens is 337 g/mol. The van der Waals surface area contributed by atoms with Crippen molar-refractivity contribution in [3.8, 4) is 0 Å². The number of fused-ring (bicyclic) bond motifs is 5. The molecule has 8 atom stereocenters. The van der Waals surface area contributed by atoms with Crippen molar-refractivity contribution >= 4 is 6.29 Å². The molecule has 0 aliphatic heterocycles. The van der Waals surface area contributed by atoms with Crippen molar-refractivity contribution in [1.82, 2.24) is 0 Å². The number of carbonyl (C=O) groups excluding carboxylic acids is 1. The van der Waals surface area contributed by atoms with Crippen LogP contribution in [0.5, 0.6) is 0 Å². The summed E-state index contributed by atoms with van der Waals surface area (Å²) in [4.78, 5) is 11.1. The smallest absolute Gasteiger partial charge is 0.303 e.